The van der Waals surface area contributed by atoms with Crippen molar-refractivity contribution in [1.82, 2.24) is 0 Å². The zero-order valence-corrected chi connectivity index (χ0v) is 13.0. The van der Waals surface area contributed by atoms with Gasteiger partial charge in [0.05, 0.1) is 24.8 Å². The van der Waals surface area contributed by atoms with E-state index in [1.165, 1.54) is 12.1 Å². The van der Waals surface area contributed by atoms with Gasteiger partial charge in [0.2, 0.25) is 10.0 Å². The van der Waals surface area contributed by atoms with Gasteiger partial charge in [0.15, 0.2) is 0 Å². The standard InChI is InChI=1S/C15H16N2O4S/c1-20-13-5-8-15(21-2)11(9-13)10-17-12-3-6-14(7-4-12)22(16,18)19/h3-10H,1-2H3,(H2,16,18,19). The van der Waals surface area contributed by atoms with E-state index < -0.39 is 10.0 Å². The van der Waals surface area contributed by atoms with E-state index in [2.05, 4.69) is 4.99 Å². The molecule has 0 fully saturated rings. The third kappa shape index (κ3) is 3.84. The van der Waals surface area contributed by atoms with Crippen LogP contribution in [0.25, 0.3) is 0 Å². The highest BCUT2D eigenvalue weighted by atomic mass is 32.2. The first-order valence-corrected chi connectivity index (χ1v) is 7.87. The van der Waals surface area contributed by atoms with E-state index in [9.17, 15) is 8.42 Å². The molecule has 116 valence electrons. The molecule has 7 heteroatoms. The van der Waals surface area contributed by atoms with Crippen LogP contribution in [0.2, 0.25) is 0 Å². The number of methoxy groups -OCH3 is 2. The molecule has 0 unspecified atom stereocenters. The zero-order valence-electron chi connectivity index (χ0n) is 12.2. The van der Waals surface area contributed by atoms with Crippen molar-refractivity contribution < 1.29 is 17.9 Å². The Morgan fingerprint density at radius 2 is 1.73 bits per heavy atom. The second-order valence-corrected chi connectivity index (χ2v) is 5.97. The molecular weight excluding hydrogens is 304 g/mol. The molecule has 2 aromatic rings. The number of ether oxygens (including phenoxy) is 2. The van der Waals surface area contributed by atoms with Crippen LogP contribution in [0, 0.1) is 0 Å². The zero-order chi connectivity index (χ0) is 16.2. The van der Waals surface area contributed by atoms with Crippen LogP contribution >= 0.6 is 0 Å². The maximum Gasteiger partial charge on any atom is 0.238 e. The van der Waals surface area contributed by atoms with Crippen molar-refractivity contribution in [1.29, 1.82) is 0 Å². The lowest BCUT2D eigenvalue weighted by molar-refractivity contribution is 0.402. The first-order valence-electron chi connectivity index (χ1n) is 6.33. The molecule has 0 saturated heterocycles. The fourth-order valence-corrected chi connectivity index (χ4v) is 2.32. The number of nitrogens with two attached hydrogens (primary N) is 1. The summed E-state index contributed by atoms with van der Waals surface area (Å²) in [5.41, 5.74) is 1.34. The molecule has 0 bridgehead atoms. The minimum atomic E-state index is -3.69. The van der Waals surface area contributed by atoms with Crippen molar-refractivity contribution in [2.24, 2.45) is 10.1 Å². The molecular formula is C15H16N2O4S. The smallest absolute Gasteiger partial charge is 0.238 e. The Morgan fingerprint density at radius 1 is 1.05 bits per heavy atom. The van der Waals surface area contributed by atoms with Gasteiger partial charge in [0, 0.05) is 11.8 Å². The van der Waals surface area contributed by atoms with Crippen LogP contribution in [0.1, 0.15) is 5.56 Å². The monoisotopic (exact) mass is 320 g/mol. The van der Waals surface area contributed by atoms with Gasteiger partial charge in [-0.15, -0.1) is 0 Å². The van der Waals surface area contributed by atoms with Crippen LogP contribution in [0.15, 0.2) is 52.4 Å². The SMILES string of the molecule is COc1ccc(OC)c(C=Nc2ccc(S(N)(=O)=O)cc2)c1. The van der Waals surface area contributed by atoms with Gasteiger partial charge in [-0.25, -0.2) is 13.6 Å². The molecule has 0 aliphatic carbocycles. The summed E-state index contributed by atoms with van der Waals surface area (Å²) < 4.78 is 32.8. The van der Waals surface area contributed by atoms with Gasteiger partial charge in [0.25, 0.3) is 0 Å². The van der Waals surface area contributed by atoms with E-state index >= 15 is 0 Å². The Hall–Kier alpha value is -2.38. The van der Waals surface area contributed by atoms with Crippen molar-refractivity contribution in [3.63, 3.8) is 0 Å². The Morgan fingerprint density at radius 3 is 2.27 bits per heavy atom. The fraction of sp³-hybridized carbons (Fsp3) is 0.133. The Kier molecular flexibility index (Phi) is 4.79. The average molecular weight is 320 g/mol. The number of benzene rings is 2. The van der Waals surface area contributed by atoms with Gasteiger partial charge in [-0.2, -0.15) is 0 Å². The molecule has 0 saturated carbocycles. The minimum Gasteiger partial charge on any atom is -0.497 e. The molecule has 0 aromatic heterocycles. The van der Waals surface area contributed by atoms with Gasteiger partial charge < -0.3 is 9.47 Å². The van der Waals surface area contributed by atoms with Gasteiger partial charge in [-0.3, -0.25) is 4.99 Å². The summed E-state index contributed by atoms with van der Waals surface area (Å²) in [4.78, 5) is 4.33. The second kappa shape index (κ2) is 6.59. The van der Waals surface area contributed by atoms with Gasteiger partial charge in [0.1, 0.15) is 11.5 Å². The van der Waals surface area contributed by atoms with Crippen LogP contribution in [-0.2, 0) is 10.0 Å². The molecule has 0 heterocycles. The lowest BCUT2D eigenvalue weighted by Gasteiger charge is -2.06. The van der Waals surface area contributed by atoms with E-state index in [1.807, 2.05) is 0 Å². The van der Waals surface area contributed by atoms with Crippen LogP contribution < -0.4 is 14.6 Å². The van der Waals surface area contributed by atoms with Crippen molar-refractivity contribution in [3.05, 3.63) is 48.0 Å². The summed E-state index contributed by atoms with van der Waals surface area (Å²) in [6.45, 7) is 0. The number of hydrogen-bond donors (Lipinski definition) is 1. The van der Waals surface area contributed by atoms with Gasteiger partial charge in [-0.1, -0.05) is 0 Å². The third-order valence-corrected chi connectivity index (χ3v) is 3.88. The van der Waals surface area contributed by atoms with E-state index in [4.69, 9.17) is 14.6 Å². The van der Waals surface area contributed by atoms with Crippen molar-refractivity contribution in [3.8, 4) is 11.5 Å². The van der Waals surface area contributed by atoms with E-state index in [-0.39, 0.29) is 4.90 Å². The highest BCUT2D eigenvalue weighted by Gasteiger charge is 2.06. The Labute approximate surface area is 129 Å². The van der Waals surface area contributed by atoms with Crippen molar-refractivity contribution >= 4 is 21.9 Å². The molecule has 22 heavy (non-hydrogen) atoms. The van der Waals surface area contributed by atoms with Crippen LogP contribution in [0.5, 0.6) is 11.5 Å². The predicted molar refractivity (Wildman–Crippen MR) is 84.6 cm³/mol. The highest BCUT2D eigenvalue weighted by Crippen LogP contribution is 2.23. The average Bonchev–Trinajstić information content (AvgIpc) is 2.52. The molecule has 2 aromatic carbocycles. The Bertz CT molecular complexity index is 784. The lowest BCUT2D eigenvalue weighted by atomic mass is 10.2. The first kappa shape index (κ1) is 16.0. The molecule has 0 spiro atoms. The topological polar surface area (TPSA) is 91.0 Å². The van der Waals surface area contributed by atoms with Crippen molar-refractivity contribution in [2.75, 3.05) is 14.2 Å². The molecule has 0 radical (unpaired) electrons. The lowest BCUT2D eigenvalue weighted by Crippen LogP contribution is -2.11. The number of aliphatic imine (C=N–C) groups is 1. The minimum absolute atomic E-state index is 0.0467. The number of nitrogens with zero attached hydrogens (tertiary/aromatic N) is 1. The third-order valence-electron chi connectivity index (χ3n) is 2.95. The summed E-state index contributed by atoms with van der Waals surface area (Å²) in [5, 5.41) is 5.05. The highest BCUT2D eigenvalue weighted by molar-refractivity contribution is 7.89. The molecule has 0 atom stereocenters. The number of sulfonamides is 1. The van der Waals surface area contributed by atoms with Crippen molar-refractivity contribution in [2.45, 2.75) is 4.90 Å². The predicted octanol–water partition coefficient (Wildman–Crippen LogP) is 2.10. The van der Waals surface area contributed by atoms with E-state index in [1.54, 1.807) is 50.8 Å². The summed E-state index contributed by atoms with van der Waals surface area (Å²) in [6.07, 6.45) is 1.62. The normalized spacial score (nSPS) is 11.6. The molecule has 2 rings (SSSR count). The number of hydrogen-bond acceptors (Lipinski definition) is 5. The first-order chi connectivity index (χ1) is 10.4. The molecule has 0 aliphatic rings. The maximum atomic E-state index is 11.2. The van der Waals surface area contributed by atoms with Gasteiger partial charge in [-0.05, 0) is 42.5 Å². The van der Waals surface area contributed by atoms with Gasteiger partial charge >= 0.3 is 0 Å². The van der Waals surface area contributed by atoms with Crippen LogP contribution in [0.4, 0.5) is 5.69 Å². The maximum absolute atomic E-state index is 11.2. The van der Waals surface area contributed by atoms with Crippen LogP contribution in [0.3, 0.4) is 0 Å². The number of rotatable bonds is 5. The largest absolute Gasteiger partial charge is 0.497 e. The van der Waals surface area contributed by atoms with E-state index in [0.717, 1.165) is 5.56 Å². The fourth-order valence-electron chi connectivity index (χ4n) is 1.81. The quantitative estimate of drug-likeness (QED) is 0.854. The second-order valence-electron chi connectivity index (χ2n) is 4.40. The number of primary sulfonamides is 1. The molecule has 6 nitrogen and oxygen atoms in total. The summed E-state index contributed by atoms with van der Waals surface area (Å²) in [5.74, 6) is 1.34. The summed E-state index contributed by atoms with van der Waals surface area (Å²) in [7, 11) is -0.547. The molecule has 0 aliphatic heterocycles. The molecule has 0 amide bonds. The van der Waals surface area contributed by atoms with Crippen LogP contribution in [-0.4, -0.2) is 28.9 Å². The van der Waals surface area contributed by atoms with E-state index in [0.29, 0.717) is 17.2 Å². The summed E-state index contributed by atoms with van der Waals surface area (Å²) in [6, 6.07) is 11.3. The Balaban J connectivity index is 2.28. The summed E-state index contributed by atoms with van der Waals surface area (Å²) >= 11 is 0. The molecule has 2 N–H and O–H groups in total.